The van der Waals surface area contributed by atoms with Gasteiger partial charge < -0.3 is 14.4 Å². The molecule has 1 aromatic heterocycles. The van der Waals surface area contributed by atoms with Gasteiger partial charge in [0, 0.05) is 19.7 Å². The minimum atomic E-state index is 0.0170. The molecule has 1 fully saturated rings. The van der Waals surface area contributed by atoms with Crippen molar-refractivity contribution in [3.63, 3.8) is 0 Å². The molecule has 0 bridgehead atoms. The number of nitrogens with zero attached hydrogens (tertiary/aromatic N) is 2. The van der Waals surface area contributed by atoms with Gasteiger partial charge in [-0.15, -0.1) is 0 Å². The highest BCUT2D eigenvalue weighted by atomic mass is 16.5. The van der Waals surface area contributed by atoms with Crippen LogP contribution in [0.1, 0.15) is 56.7 Å². The van der Waals surface area contributed by atoms with E-state index in [1.807, 2.05) is 36.4 Å². The molecule has 0 atom stereocenters. The van der Waals surface area contributed by atoms with Crippen molar-refractivity contribution >= 4 is 5.91 Å². The average Bonchev–Trinajstić information content (AvgIpc) is 2.98. The normalized spacial score (nSPS) is 14.9. The number of methoxy groups -OCH3 is 1. The van der Waals surface area contributed by atoms with Crippen molar-refractivity contribution in [3.05, 3.63) is 53.9 Å². The van der Waals surface area contributed by atoms with Crippen LogP contribution in [0, 0.1) is 0 Å². The van der Waals surface area contributed by atoms with Crippen LogP contribution in [0.5, 0.6) is 11.5 Å². The molecule has 0 saturated heterocycles. The third-order valence-electron chi connectivity index (χ3n) is 5.22. The lowest BCUT2D eigenvalue weighted by Crippen LogP contribution is -2.28. The monoisotopic (exact) mass is 382 g/mol. The van der Waals surface area contributed by atoms with Crippen molar-refractivity contribution in [2.75, 3.05) is 7.11 Å². The lowest BCUT2D eigenvalue weighted by molar-refractivity contribution is -0.130. The minimum Gasteiger partial charge on any atom is -0.493 e. The van der Waals surface area contributed by atoms with Gasteiger partial charge in [-0.25, -0.2) is 0 Å². The summed E-state index contributed by atoms with van der Waals surface area (Å²) in [6.07, 6.45) is 9.27. The zero-order chi connectivity index (χ0) is 19.8. The molecule has 0 N–H and O–H groups in total. The van der Waals surface area contributed by atoms with Crippen LogP contribution < -0.4 is 9.47 Å². The molecular weight excluding hydrogens is 352 g/mol. The largest absolute Gasteiger partial charge is 0.493 e. The van der Waals surface area contributed by atoms with E-state index in [1.165, 1.54) is 25.7 Å². The molecule has 0 unspecified atom stereocenters. The van der Waals surface area contributed by atoms with Crippen LogP contribution in [0.3, 0.4) is 0 Å². The number of pyridine rings is 1. The van der Waals surface area contributed by atoms with Gasteiger partial charge in [-0.1, -0.05) is 25.0 Å². The zero-order valence-corrected chi connectivity index (χ0v) is 16.9. The lowest BCUT2D eigenvalue weighted by atomic mass is 10.1. The molecule has 0 radical (unpaired) electrons. The Balaban J connectivity index is 1.69. The van der Waals surface area contributed by atoms with Crippen LogP contribution >= 0.6 is 0 Å². The van der Waals surface area contributed by atoms with Gasteiger partial charge in [0.1, 0.15) is 0 Å². The minimum absolute atomic E-state index is 0.0170. The quantitative estimate of drug-likeness (QED) is 0.649. The summed E-state index contributed by atoms with van der Waals surface area (Å²) in [7, 11) is 1.66. The Bertz CT molecular complexity index is 756. The number of hydrogen-bond acceptors (Lipinski definition) is 4. The highest BCUT2D eigenvalue weighted by Gasteiger charge is 2.17. The third-order valence-corrected chi connectivity index (χ3v) is 5.22. The van der Waals surface area contributed by atoms with Gasteiger partial charge >= 0.3 is 0 Å². The molecule has 0 spiro atoms. The first-order valence-corrected chi connectivity index (χ1v) is 10.1. The van der Waals surface area contributed by atoms with Gasteiger partial charge in [-0.3, -0.25) is 9.78 Å². The molecule has 5 nitrogen and oxygen atoms in total. The average molecular weight is 383 g/mol. The summed E-state index contributed by atoms with van der Waals surface area (Å²) in [6, 6.07) is 11.7. The maximum Gasteiger partial charge on any atom is 0.220 e. The molecule has 28 heavy (non-hydrogen) atoms. The van der Waals surface area contributed by atoms with Gasteiger partial charge in [-0.2, -0.15) is 0 Å². The summed E-state index contributed by atoms with van der Waals surface area (Å²) < 4.78 is 11.8. The first-order chi connectivity index (χ1) is 13.7. The fourth-order valence-electron chi connectivity index (χ4n) is 3.63. The standard InChI is InChI=1S/C23H30N2O3/c1-18(26)25(17-20-9-7-8-14-24-20)16-19-12-13-22(23(15-19)27-2)28-21-10-5-3-4-6-11-21/h7-9,12-15,21H,3-6,10-11,16-17H2,1-2H3. The van der Waals surface area contributed by atoms with E-state index in [2.05, 4.69) is 4.98 Å². The topological polar surface area (TPSA) is 51.7 Å². The number of ether oxygens (including phenoxy) is 2. The summed E-state index contributed by atoms with van der Waals surface area (Å²) in [6.45, 7) is 2.58. The Labute approximate surface area is 167 Å². The van der Waals surface area contributed by atoms with E-state index >= 15 is 0 Å². The molecule has 0 aliphatic heterocycles. The number of rotatable bonds is 7. The summed E-state index contributed by atoms with van der Waals surface area (Å²) >= 11 is 0. The lowest BCUT2D eigenvalue weighted by Gasteiger charge is -2.22. The maximum absolute atomic E-state index is 12.1. The van der Waals surface area contributed by atoms with Gasteiger partial charge in [0.15, 0.2) is 11.5 Å². The van der Waals surface area contributed by atoms with Crippen molar-refractivity contribution in [1.82, 2.24) is 9.88 Å². The Hall–Kier alpha value is -2.56. The summed E-state index contributed by atoms with van der Waals surface area (Å²) in [5.41, 5.74) is 1.88. The van der Waals surface area contributed by atoms with E-state index in [0.717, 1.165) is 35.6 Å². The number of benzene rings is 1. The molecule has 1 heterocycles. The highest BCUT2D eigenvalue weighted by Crippen LogP contribution is 2.32. The summed E-state index contributed by atoms with van der Waals surface area (Å²) in [5, 5.41) is 0. The van der Waals surface area contributed by atoms with Crippen molar-refractivity contribution in [2.24, 2.45) is 0 Å². The van der Waals surface area contributed by atoms with Gasteiger partial charge in [0.2, 0.25) is 5.91 Å². The van der Waals surface area contributed by atoms with Gasteiger partial charge in [0.05, 0.1) is 25.5 Å². The van der Waals surface area contributed by atoms with E-state index in [-0.39, 0.29) is 12.0 Å². The van der Waals surface area contributed by atoms with E-state index in [0.29, 0.717) is 13.1 Å². The SMILES string of the molecule is COc1cc(CN(Cc2ccccn2)C(C)=O)ccc1OC1CCCCCC1. The molecule has 5 heteroatoms. The van der Waals surface area contributed by atoms with E-state index in [9.17, 15) is 4.79 Å². The molecule has 1 aromatic carbocycles. The van der Waals surface area contributed by atoms with Gasteiger partial charge in [-0.05, 0) is 55.5 Å². The number of aromatic nitrogens is 1. The molecule has 1 aliphatic carbocycles. The number of amides is 1. The molecule has 1 aliphatic rings. The second-order valence-corrected chi connectivity index (χ2v) is 7.41. The molecule has 2 aromatic rings. The Kier molecular flexibility index (Phi) is 7.29. The first kappa shape index (κ1) is 20.2. The first-order valence-electron chi connectivity index (χ1n) is 10.1. The van der Waals surface area contributed by atoms with E-state index in [4.69, 9.17) is 9.47 Å². The fourth-order valence-corrected chi connectivity index (χ4v) is 3.63. The Morgan fingerprint density at radius 2 is 1.86 bits per heavy atom. The van der Waals surface area contributed by atoms with E-state index in [1.54, 1.807) is 25.1 Å². The van der Waals surface area contributed by atoms with Crippen LogP contribution in [0.4, 0.5) is 0 Å². The number of hydrogen-bond donors (Lipinski definition) is 0. The molecular formula is C23H30N2O3. The van der Waals surface area contributed by atoms with Gasteiger partial charge in [0.25, 0.3) is 0 Å². The van der Waals surface area contributed by atoms with Crippen LogP contribution in [0.25, 0.3) is 0 Å². The predicted octanol–water partition coefficient (Wildman–Crippen LogP) is 4.74. The molecule has 150 valence electrons. The van der Waals surface area contributed by atoms with Crippen LogP contribution in [-0.2, 0) is 17.9 Å². The third kappa shape index (κ3) is 5.72. The highest BCUT2D eigenvalue weighted by molar-refractivity contribution is 5.73. The Morgan fingerprint density at radius 3 is 2.50 bits per heavy atom. The van der Waals surface area contributed by atoms with Crippen LogP contribution in [-0.4, -0.2) is 29.0 Å². The maximum atomic E-state index is 12.1. The molecule has 1 saturated carbocycles. The Morgan fingerprint density at radius 1 is 1.07 bits per heavy atom. The van der Waals surface area contributed by atoms with Crippen molar-refractivity contribution in [3.8, 4) is 11.5 Å². The number of carbonyl (C=O) groups excluding carboxylic acids is 1. The number of carbonyl (C=O) groups is 1. The zero-order valence-electron chi connectivity index (χ0n) is 16.9. The van der Waals surface area contributed by atoms with Crippen LogP contribution in [0.15, 0.2) is 42.6 Å². The molecule has 1 amide bonds. The summed E-state index contributed by atoms with van der Waals surface area (Å²) in [5.74, 6) is 1.53. The predicted molar refractivity (Wildman–Crippen MR) is 109 cm³/mol. The van der Waals surface area contributed by atoms with Crippen molar-refractivity contribution < 1.29 is 14.3 Å². The molecule has 3 rings (SSSR count). The van der Waals surface area contributed by atoms with Crippen molar-refractivity contribution in [2.45, 2.75) is 64.6 Å². The van der Waals surface area contributed by atoms with E-state index < -0.39 is 0 Å². The smallest absolute Gasteiger partial charge is 0.220 e. The van der Waals surface area contributed by atoms with Crippen LogP contribution in [0.2, 0.25) is 0 Å². The summed E-state index contributed by atoms with van der Waals surface area (Å²) in [4.78, 5) is 18.2. The second-order valence-electron chi connectivity index (χ2n) is 7.41. The van der Waals surface area contributed by atoms with Crippen molar-refractivity contribution in [1.29, 1.82) is 0 Å². The fraction of sp³-hybridized carbons (Fsp3) is 0.478. The second kappa shape index (κ2) is 10.1.